The van der Waals surface area contributed by atoms with Gasteiger partial charge in [0, 0.05) is 19.3 Å². The molecular formula is C14H22ClN3O2S. The molecule has 118 valence electrons. The van der Waals surface area contributed by atoms with Crippen LogP contribution in [0.2, 0.25) is 5.02 Å². The topological polar surface area (TPSA) is 71.1 Å². The monoisotopic (exact) mass is 331 g/mol. The molecule has 7 heteroatoms. The molecule has 2 N–H and O–H groups in total. The highest BCUT2D eigenvalue weighted by molar-refractivity contribution is 7.89. The summed E-state index contributed by atoms with van der Waals surface area (Å²) in [6, 6.07) is 1.44. The Hall–Kier alpha value is -0.850. The Morgan fingerprint density at radius 1 is 1.38 bits per heavy atom. The molecule has 1 aliphatic rings. The highest BCUT2D eigenvalue weighted by atomic mass is 35.5. The van der Waals surface area contributed by atoms with Crippen LogP contribution in [0.5, 0.6) is 0 Å². The lowest BCUT2D eigenvalue weighted by Crippen LogP contribution is -2.30. The highest BCUT2D eigenvalue weighted by Gasteiger charge is 2.42. The first-order valence-corrected chi connectivity index (χ1v) is 9.18. The van der Waals surface area contributed by atoms with E-state index in [9.17, 15) is 8.42 Å². The molecule has 1 aromatic rings. The standard InChI is InChI=1S/C14H22ClN3O2S/c1-3-5-14(6-7-14)10-18-21(19,20)11-8-12(15)13(16-4-2)17-9-11/h8-9,18H,3-7,10H2,1-2H3,(H,16,17). The van der Waals surface area contributed by atoms with Gasteiger partial charge in [0.05, 0.1) is 5.02 Å². The molecule has 0 saturated heterocycles. The summed E-state index contributed by atoms with van der Waals surface area (Å²) in [6.45, 7) is 5.22. The summed E-state index contributed by atoms with van der Waals surface area (Å²) in [5.41, 5.74) is 0.169. The summed E-state index contributed by atoms with van der Waals surface area (Å²) in [6.07, 6.45) is 5.68. The van der Waals surface area contributed by atoms with E-state index in [-0.39, 0.29) is 10.3 Å². The number of aromatic nitrogens is 1. The summed E-state index contributed by atoms with van der Waals surface area (Å²) in [4.78, 5) is 4.18. The summed E-state index contributed by atoms with van der Waals surface area (Å²) in [5, 5.41) is 3.29. The number of hydrogen-bond donors (Lipinski definition) is 2. The van der Waals surface area contributed by atoms with E-state index in [1.54, 1.807) is 0 Å². The van der Waals surface area contributed by atoms with Crippen molar-refractivity contribution in [2.75, 3.05) is 18.4 Å². The summed E-state index contributed by atoms with van der Waals surface area (Å²) < 4.78 is 27.3. The summed E-state index contributed by atoms with van der Waals surface area (Å²) in [7, 11) is -3.55. The van der Waals surface area contributed by atoms with Crippen LogP contribution < -0.4 is 10.0 Å². The van der Waals surface area contributed by atoms with Crippen LogP contribution in [0, 0.1) is 5.41 Å². The first kappa shape index (κ1) is 16.5. The SMILES string of the molecule is CCCC1(CNS(=O)(=O)c2cnc(NCC)c(Cl)c2)CC1. The molecule has 0 amide bonds. The van der Waals surface area contributed by atoms with E-state index in [2.05, 4.69) is 21.9 Å². The predicted octanol–water partition coefficient (Wildman–Crippen LogP) is 3.03. The van der Waals surface area contributed by atoms with Crippen LogP contribution in [-0.4, -0.2) is 26.5 Å². The molecule has 1 heterocycles. The third-order valence-electron chi connectivity index (χ3n) is 3.85. The molecule has 21 heavy (non-hydrogen) atoms. The second-order valence-electron chi connectivity index (χ2n) is 5.61. The van der Waals surface area contributed by atoms with E-state index in [1.165, 1.54) is 12.3 Å². The smallest absolute Gasteiger partial charge is 0.242 e. The van der Waals surface area contributed by atoms with E-state index < -0.39 is 10.0 Å². The van der Waals surface area contributed by atoms with Gasteiger partial charge in [-0.25, -0.2) is 18.1 Å². The number of sulfonamides is 1. The Kier molecular flexibility index (Phi) is 5.11. The predicted molar refractivity (Wildman–Crippen MR) is 85.2 cm³/mol. The van der Waals surface area contributed by atoms with Gasteiger partial charge in [0.25, 0.3) is 0 Å². The number of nitrogens with one attached hydrogen (secondary N) is 2. The zero-order valence-electron chi connectivity index (χ0n) is 12.4. The molecule has 1 fully saturated rings. The van der Waals surface area contributed by atoms with Crippen LogP contribution in [0.15, 0.2) is 17.2 Å². The minimum absolute atomic E-state index is 0.112. The third-order valence-corrected chi connectivity index (χ3v) is 5.50. The first-order chi connectivity index (χ1) is 9.92. The molecule has 0 bridgehead atoms. The zero-order chi connectivity index (χ0) is 15.5. The molecule has 1 saturated carbocycles. The molecule has 0 aliphatic heterocycles. The van der Waals surface area contributed by atoms with E-state index in [1.807, 2.05) is 6.92 Å². The molecule has 0 unspecified atom stereocenters. The minimum atomic E-state index is -3.55. The molecule has 1 aliphatic carbocycles. The fraction of sp³-hybridized carbons (Fsp3) is 0.643. The first-order valence-electron chi connectivity index (χ1n) is 7.31. The molecule has 0 aromatic carbocycles. The maximum atomic E-state index is 12.3. The summed E-state index contributed by atoms with van der Waals surface area (Å²) >= 11 is 6.05. The third kappa shape index (κ3) is 4.08. The molecular weight excluding hydrogens is 310 g/mol. The van der Waals surface area contributed by atoms with Gasteiger partial charge in [-0.05, 0) is 37.7 Å². The second kappa shape index (κ2) is 6.50. The number of pyridine rings is 1. The van der Waals surface area contributed by atoms with Gasteiger partial charge in [-0.3, -0.25) is 0 Å². The van der Waals surface area contributed by atoms with Gasteiger partial charge in [-0.15, -0.1) is 0 Å². The largest absolute Gasteiger partial charge is 0.369 e. The van der Waals surface area contributed by atoms with E-state index in [0.717, 1.165) is 25.7 Å². The average Bonchev–Trinajstić information content (AvgIpc) is 3.20. The number of anilines is 1. The fourth-order valence-electron chi connectivity index (χ4n) is 2.42. The lowest BCUT2D eigenvalue weighted by atomic mass is 10.0. The van der Waals surface area contributed by atoms with Gasteiger partial charge in [-0.1, -0.05) is 24.9 Å². The van der Waals surface area contributed by atoms with Crippen molar-refractivity contribution < 1.29 is 8.42 Å². The van der Waals surface area contributed by atoms with Crippen LogP contribution in [0.25, 0.3) is 0 Å². The van der Waals surface area contributed by atoms with E-state index >= 15 is 0 Å². The Morgan fingerprint density at radius 2 is 2.10 bits per heavy atom. The van der Waals surface area contributed by atoms with Gasteiger partial charge in [0.15, 0.2) is 0 Å². The minimum Gasteiger partial charge on any atom is -0.369 e. The maximum absolute atomic E-state index is 12.3. The van der Waals surface area contributed by atoms with Crippen molar-refractivity contribution in [1.82, 2.24) is 9.71 Å². The lowest BCUT2D eigenvalue weighted by molar-refractivity contribution is 0.449. The van der Waals surface area contributed by atoms with Crippen molar-refractivity contribution in [2.24, 2.45) is 5.41 Å². The normalized spacial score (nSPS) is 16.7. The van der Waals surface area contributed by atoms with Crippen LogP contribution in [0.1, 0.15) is 39.5 Å². The van der Waals surface area contributed by atoms with Crippen molar-refractivity contribution in [1.29, 1.82) is 0 Å². The molecule has 0 atom stereocenters. The van der Waals surface area contributed by atoms with Crippen LogP contribution in [0.3, 0.4) is 0 Å². The van der Waals surface area contributed by atoms with Crippen molar-refractivity contribution in [3.8, 4) is 0 Å². The highest BCUT2D eigenvalue weighted by Crippen LogP contribution is 2.49. The van der Waals surface area contributed by atoms with Crippen molar-refractivity contribution in [3.05, 3.63) is 17.3 Å². The van der Waals surface area contributed by atoms with Gasteiger partial charge in [0.2, 0.25) is 10.0 Å². The molecule has 0 spiro atoms. The number of nitrogens with zero attached hydrogens (tertiary/aromatic N) is 1. The Balaban J connectivity index is 2.07. The van der Waals surface area contributed by atoms with Crippen molar-refractivity contribution in [2.45, 2.75) is 44.4 Å². The number of hydrogen-bond acceptors (Lipinski definition) is 4. The van der Waals surface area contributed by atoms with E-state index in [4.69, 9.17) is 11.6 Å². The number of halogens is 1. The van der Waals surface area contributed by atoms with Gasteiger partial charge in [0.1, 0.15) is 10.7 Å². The van der Waals surface area contributed by atoms with Crippen molar-refractivity contribution >= 4 is 27.4 Å². The van der Waals surface area contributed by atoms with Crippen LogP contribution in [0.4, 0.5) is 5.82 Å². The quantitative estimate of drug-likeness (QED) is 0.768. The van der Waals surface area contributed by atoms with Gasteiger partial charge >= 0.3 is 0 Å². The Labute approximate surface area is 131 Å². The molecule has 0 radical (unpaired) electrons. The van der Waals surface area contributed by atoms with E-state index in [0.29, 0.717) is 23.9 Å². The summed E-state index contributed by atoms with van der Waals surface area (Å²) in [5.74, 6) is 0.503. The number of rotatable bonds is 8. The molecule has 1 aromatic heterocycles. The maximum Gasteiger partial charge on any atom is 0.242 e. The van der Waals surface area contributed by atoms with Gasteiger partial charge in [-0.2, -0.15) is 0 Å². The Bertz CT molecular complexity index is 600. The molecule has 5 nitrogen and oxygen atoms in total. The van der Waals surface area contributed by atoms with Crippen LogP contribution in [-0.2, 0) is 10.0 Å². The van der Waals surface area contributed by atoms with Crippen molar-refractivity contribution in [3.63, 3.8) is 0 Å². The molecule has 2 rings (SSSR count). The Morgan fingerprint density at radius 3 is 2.62 bits per heavy atom. The zero-order valence-corrected chi connectivity index (χ0v) is 14.0. The lowest BCUT2D eigenvalue weighted by Gasteiger charge is -2.15. The fourth-order valence-corrected chi connectivity index (χ4v) is 3.84. The van der Waals surface area contributed by atoms with Crippen LogP contribution >= 0.6 is 11.6 Å². The second-order valence-corrected chi connectivity index (χ2v) is 7.78. The average molecular weight is 332 g/mol. The van der Waals surface area contributed by atoms with Gasteiger partial charge < -0.3 is 5.32 Å².